The van der Waals surface area contributed by atoms with Crippen LogP contribution in [-0.4, -0.2) is 0 Å². The van der Waals surface area contributed by atoms with Gasteiger partial charge in [-0.1, -0.05) is 60.7 Å². The van der Waals surface area contributed by atoms with Gasteiger partial charge in [0, 0.05) is 20.9 Å². The molecule has 2 heteroatoms. The highest BCUT2D eigenvalue weighted by atomic mass is 32.1. The smallest absolute Gasteiger partial charge is 0.0349 e. The first kappa shape index (κ1) is 17.6. The summed E-state index contributed by atoms with van der Waals surface area (Å²) < 4.78 is 0. The van der Waals surface area contributed by atoms with E-state index in [1.807, 2.05) is 0 Å². The highest BCUT2D eigenvalue weighted by Crippen LogP contribution is 2.44. The van der Waals surface area contributed by atoms with Crippen LogP contribution in [0.15, 0.2) is 108 Å². The van der Waals surface area contributed by atoms with Crippen molar-refractivity contribution in [3.8, 4) is 32.0 Å². The molecule has 0 aliphatic heterocycles. The molecule has 0 aliphatic rings. The molecular weight excluding hydrogens is 400 g/mol. The number of benzene rings is 4. The lowest BCUT2D eigenvalue weighted by molar-refractivity contribution is 1.66. The Bertz CT molecular complexity index is 1360. The summed E-state index contributed by atoms with van der Waals surface area (Å²) in [6.45, 7) is 0. The normalized spacial score (nSPS) is 11.3. The molecule has 0 N–H and O–H groups in total. The second kappa shape index (κ2) is 7.24. The molecule has 0 saturated heterocycles. The van der Waals surface area contributed by atoms with E-state index in [1.54, 1.807) is 22.7 Å². The maximum Gasteiger partial charge on any atom is 0.0349 e. The van der Waals surface area contributed by atoms with Crippen molar-refractivity contribution in [3.63, 3.8) is 0 Å². The van der Waals surface area contributed by atoms with E-state index in [1.165, 1.54) is 53.6 Å². The van der Waals surface area contributed by atoms with Gasteiger partial charge in [-0.15, -0.1) is 22.7 Å². The van der Waals surface area contributed by atoms with Gasteiger partial charge in [0.2, 0.25) is 0 Å². The van der Waals surface area contributed by atoms with Crippen LogP contribution in [0.3, 0.4) is 0 Å². The van der Waals surface area contributed by atoms with Crippen molar-refractivity contribution in [2.24, 2.45) is 0 Å². The Kier molecular flexibility index (Phi) is 4.26. The molecule has 0 radical (unpaired) electrons. The van der Waals surface area contributed by atoms with Crippen molar-refractivity contribution in [2.75, 3.05) is 0 Å². The SMILES string of the molecule is c1csc(-c2cc3ccccc3cc2-c2cc3ccccc3cc2-c2cccs2)c1. The molecule has 0 atom stereocenters. The van der Waals surface area contributed by atoms with Gasteiger partial charge in [0.15, 0.2) is 0 Å². The number of thiophene rings is 2. The molecule has 30 heavy (non-hydrogen) atoms. The zero-order valence-corrected chi connectivity index (χ0v) is 17.8. The largest absolute Gasteiger partial charge is 0.144 e. The van der Waals surface area contributed by atoms with Crippen molar-refractivity contribution >= 4 is 44.2 Å². The lowest BCUT2D eigenvalue weighted by Crippen LogP contribution is -1.89. The molecule has 142 valence electrons. The number of rotatable bonds is 3. The Morgan fingerprint density at radius 3 is 1.07 bits per heavy atom. The fourth-order valence-corrected chi connectivity index (χ4v) is 5.71. The summed E-state index contributed by atoms with van der Waals surface area (Å²) in [4.78, 5) is 2.61. The van der Waals surface area contributed by atoms with E-state index in [4.69, 9.17) is 0 Å². The van der Waals surface area contributed by atoms with E-state index in [2.05, 4.69) is 108 Å². The molecule has 0 fully saturated rings. The predicted molar refractivity (Wildman–Crippen MR) is 134 cm³/mol. The summed E-state index contributed by atoms with van der Waals surface area (Å²) in [6, 6.07) is 35.5. The zero-order chi connectivity index (χ0) is 19.9. The van der Waals surface area contributed by atoms with E-state index in [9.17, 15) is 0 Å². The van der Waals surface area contributed by atoms with Gasteiger partial charge in [0.05, 0.1) is 0 Å². The van der Waals surface area contributed by atoms with Gasteiger partial charge in [-0.2, -0.15) is 0 Å². The van der Waals surface area contributed by atoms with E-state index in [0.29, 0.717) is 0 Å². The highest BCUT2D eigenvalue weighted by Gasteiger charge is 2.16. The lowest BCUT2D eigenvalue weighted by atomic mass is 9.89. The molecule has 0 spiro atoms. The van der Waals surface area contributed by atoms with Crippen molar-refractivity contribution in [1.82, 2.24) is 0 Å². The molecule has 2 heterocycles. The quantitative estimate of drug-likeness (QED) is 0.269. The number of fused-ring (bicyclic) bond motifs is 2. The monoisotopic (exact) mass is 418 g/mol. The number of hydrogen-bond acceptors (Lipinski definition) is 2. The van der Waals surface area contributed by atoms with Crippen molar-refractivity contribution in [3.05, 3.63) is 108 Å². The molecule has 0 bridgehead atoms. The average Bonchev–Trinajstić information content (AvgIpc) is 3.52. The maximum atomic E-state index is 2.37. The molecule has 6 aromatic rings. The molecule has 0 saturated carbocycles. The summed E-state index contributed by atoms with van der Waals surface area (Å²) in [5.41, 5.74) is 5.20. The molecule has 6 rings (SSSR count). The van der Waals surface area contributed by atoms with Gasteiger partial charge in [0.1, 0.15) is 0 Å². The first-order chi connectivity index (χ1) is 14.9. The van der Waals surface area contributed by atoms with E-state index in [-0.39, 0.29) is 0 Å². The van der Waals surface area contributed by atoms with Crippen LogP contribution < -0.4 is 0 Å². The van der Waals surface area contributed by atoms with Crippen LogP contribution in [0.1, 0.15) is 0 Å². The average molecular weight is 419 g/mol. The van der Waals surface area contributed by atoms with Crippen molar-refractivity contribution < 1.29 is 0 Å². The second-order valence-electron chi connectivity index (χ2n) is 7.44. The van der Waals surface area contributed by atoms with E-state index >= 15 is 0 Å². The fraction of sp³-hybridized carbons (Fsp3) is 0. The Morgan fingerprint density at radius 1 is 0.367 bits per heavy atom. The summed E-state index contributed by atoms with van der Waals surface area (Å²) >= 11 is 3.61. The fourth-order valence-electron chi connectivity index (χ4n) is 4.20. The van der Waals surface area contributed by atoms with E-state index < -0.39 is 0 Å². The van der Waals surface area contributed by atoms with Gasteiger partial charge >= 0.3 is 0 Å². The highest BCUT2D eigenvalue weighted by molar-refractivity contribution is 7.14. The molecule has 0 unspecified atom stereocenters. The minimum Gasteiger partial charge on any atom is -0.144 e. The van der Waals surface area contributed by atoms with Crippen molar-refractivity contribution in [2.45, 2.75) is 0 Å². The Morgan fingerprint density at radius 2 is 0.733 bits per heavy atom. The van der Waals surface area contributed by atoms with Crippen molar-refractivity contribution in [1.29, 1.82) is 0 Å². The molecule has 0 amide bonds. The predicted octanol–water partition coefficient (Wildman–Crippen LogP) is 9.12. The zero-order valence-electron chi connectivity index (χ0n) is 16.2. The molecule has 0 nitrogen and oxygen atoms in total. The Balaban J connectivity index is 1.73. The van der Waals surface area contributed by atoms with Gasteiger partial charge < -0.3 is 0 Å². The van der Waals surface area contributed by atoms with Gasteiger partial charge in [-0.05, 0) is 79.8 Å². The van der Waals surface area contributed by atoms with Crippen LogP contribution >= 0.6 is 22.7 Å². The van der Waals surface area contributed by atoms with Crippen LogP contribution in [0.2, 0.25) is 0 Å². The summed E-state index contributed by atoms with van der Waals surface area (Å²) in [5.74, 6) is 0. The Hall–Kier alpha value is -3.20. The molecule has 0 aliphatic carbocycles. The molecule has 4 aromatic carbocycles. The first-order valence-electron chi connectivity index (χ1n) is 10.0. The second-order valence-corrected chi connectivity index (χ2v) is 9.34. The number of hydrogen-bond donors (Lipinski definition) is 0. The van der Waals surface area contributed by atoms with Crippen LogP contribution in [-0.2, 0) is 0 Å². The third-order valence-corrected chi connectivity index (χ3v) is 7.44. The topological polar surface area (TPSA) is 0 Å². The van der Waals surface area contributed by atoms with Crippen LogP contribution in [0.25, 0.3) is 53.6 Å². The summed E-state index contributed by atoms with van der Waals surface area (Å²) in [5, 5.41) is 9.44. The van der Waals surface area contributed by atoms with Gasteiger partial charge in [-0.3, -0.25) is 0 Å². The molecular formula is C28H18S2. The summed E-state index contributed by atoms with van der Waals surface area (Å²) in [6.07, 6.45) is 0. The minimum atomic E-state index is 1.28. The van der Waals surface area contributed by atoms with Crippen LogP contribution in [0, 0.1) is 0 Å². The van der Waals surface area contributed by atoms with Crippen LogP contribution in [0.5, 0.6) is 0 Å². The van der Waals surface area contributed by atoms with Gasteiger partial charge in [0.25, 0.3) is 0 Å². The van der Waals surface area contributed by atoms with Gasteiger partial charge in [-0.25, -0.2) is 0 Å². The first-order valence-corrected chi connectivity index (χ1v) is 11.8. The third-order valence-electron chi connectivity index (χ3n) is 5.64. The third kappa shape index (κ3) is 2.97. The Labute approximate surface area is 183 Å². The maximum absolute atomic E-state index is 2.37. The van der Waals surface area contributed by atoms with E-state index in [0.717, 1.165) is 0 Å². The minimum absolute atomic E-state index is 1.28. The molecule has 2 aromatic heterocycles. The summed E-state index contributed by atoms with van der Waals surface area (Å²) in [7, 11) is 0. The standard InChI is InChI=1S/C28H18S2/c1-3-9-21-17-25(27-11-5-13-29-27)23(15-19(21)7-1)24-16-20-8-2-4-10-22(20)18-26(24)28-12-6-14-30-28/h1-18H. The van der Waals surface area contributed by atoms with Crippen LogP contribution in [0.4, 0.5) is 0 Å². The lowest BCUT2D eigenvalue weighted by Gasteiger charge is -2.16.